The van der Waals surface area contributed by atoms with Crippen LogP contribution in [0.25, 0.3) is 0 Å². The first-order valence-corrected chi connectivity index (χ1v) is 8.17. The highest BCUT2D eigenvalue weighted by atomic mass is 16.5. The topological polar surface area (TPSA) is 72.7 Å². The molecule has 0 N–H and O–H groups in total. The zero-order valence-electron chi connectivity index (χ0n) is 13.6. The molecule has 0 saturated carbocycles. The molecule has 2 aliphatic rings. The van der Waals surface area contributed by atoms with Crippen molar-refractivity contribution in [1.29, 1.82) is 5.26 Å². The number of piperazine rings is 1. The quantitative estimate of drug-likeness (QED) is 0.594. The lowest BCUT2D eigenvalue weighted by Crippen LogP contribution is -2.45. The molecule has 3 rings (SSSR count). The van der Waals surface area contributed by atoms with Crippen LogP contribution in [0.15, 0.2) is 36.2 Å². The first kappa shape index (κ1) is 16.3. The maximum atomic E-state index is 12.4. The first-order chi connectivity index (χ1) is 11.8. The molecule has 1 amide bonds. The van der Waals surface area contributed by atoms with E-state index < -0.39 is 0 Å². The Morgan fingerprint density at radius 2 is 1.92 bits per heavy atom. The fraction of sp³-hybridized carbons (Fsp3) is 0.471. The van der Waals surface area contributed by atoms with Gasteiger partial charge in [0.15, 0.2) is 0 Å². The number of amides is 1. The average Bonchev–Trinajstić information content (AvgIpc) is 2.67. The number of pyridine rings is 1. The lowest BCUT2D eigenvalue weighted by molar-refractivity contribution is -0.130. The minimum absolute atomic E-state index is 0.197. The fourth-order valence-corrected chi connectivity index (χ4v) is 2.87. The largest absolute Gasteiger partial charge is 0.378 e. The van der Waals surface area contributed by atoms with Gasteiger partial charge in [0.2, 0.25) is 0 Å². The van der Waals surface area contributed by atoms with Crippen LogP contribution in [0.5, 0.6) is 0 Å². The summed E-state index contributed by atoms with van der Waals surface area (Å²) in [6, 6.07) is 7.92. The van der Waals surface area contributed by atoms with Crippen molar-refractivity contribution in [2.45, 2.75) is 0 Å². The Bertz CT molecular complexity index is 626. The van der Waals surface area contributed by atoms with E-state index in [0.29, 0.717) is 26.3 Å². The van der Waals surface area contributed by atoms with E-state index in [2.05, 4.69) is 16.0 Å². The third-order valence-corrected chi connectivity index (χ3v) is 4.25. The summed E-state index contributed by atoms with van der Waals surface area (Å²) in [4.78, 5) is 22.7. The number of nitrogens with zero attached hydrogens (tertiary/aromatic N) is 5. The fourth-order valence-electron chi connectivity index (χ4n) is 2.87. The number of morpholine rings is 1. The van der Waals surface area contributed by atoms with Crippen LogP contribution in [0.2, 0.25) is 0 Å². The molecule has 0 radical (unpaired) electrons. The normalized spacial score (nSPS) is 19.1. The number of carbonyl (C=O) groups is 1. The number of aromatic nitrogens is 1. The van der Waals surface area contributed by atoms with Gasteiger partial charge in [-0.1, -0.05) is 6.07 Å². The summed E-state index contributed by atoms with van der Waals surface area (Å²) in [7, 11) is 0. The molecule has 0 bridgehead atoms. The molecule has 0 spiro atoms. The maximum absolute atomic E-state index is 12.4. The molecule has 1 aromatic rings. The highest BCUT2D eigenvalue weighted by Crippen LogP contribution is 2.14. The second-order valence-corrected chi connectivity index (χ2v) is 5.77. The molecule has 2 aliphatic heterocycles. The van der Waals surface area contributed by atoms with E-state index in [1.807, 2.05) is 23.1 Å². The molecule has 24 heavy (non-hydrogen) atoms. The summed E-state index contributed by atoms with van der Waals surface area (Å²) in [6.45, 7) is 5.32. The second-order valence-electron chi connectivity index (χ2n) is 5.77. The summed E-state index contributed by atoms with van der Waals surface area (Å²) in [5.74, 6) is 0.763. The van der Waals surface area contributed by atoms with Gasteiger partial charge in [-0.05, 0) is 12.1 Å². The molecule has 2 saturated heterocycles. The van der Waals surface area contributed by atoms with Crippen molar-refractivity contribution in [2.75, 3.05) is 57.4 Å². The maximum Gasteiger partial charge on any atom is 0.266 e. The highest BCUT2D eigenvalue weighted by molar-refractivity contribution is 5.97. The van der Waals surface area contributed by atoms with Gasteiger partial charge in [0.25, 0.3) is 5.91 Å². The number of nitriles is 1. The van der Waals surface area contributed by atoms with Gasteiger partial charge in [-0.15, -0.1) is 0 Å². The zero-order chi connectivity index (χ0) is 16.8. The molecule has 1 aromatic heterocycles. The third-order valence-electron chi connectivity index (χ3n) is 4.25. The molecular formula is C17H21N5O2. The second kappa shape index (κ2) is 7.79. The Balaban J connectivity index is 1.59. The Morgan fingerprint density at radius 1 is 1.17 bits per heavy atom. The summed E-state index contributed by atoms with van der Waals surface area (Å²) >= 11 is 0. The van der Waals surface area contributed by atoms with E-state index in [-0.39, 0.29) is 11.5 Å². The molecule has 7 heteroatoms. The number of rotatable bonds is 3. The lowest BCUT2D eigenvalue weighted by atomic mass is 10.2. The minimum Gasteiger partial charge on any atom is -0.378 e. The molecule has 2 fully saturated rings. The Labute approximate surface area is 141 Å². The van der Waals surface area contributed by atoms with Crippen molar-refractivity contribution in [3.05, 3.63) is 36.2 Å². The number of ether oxygens (including phenoxy) is 1. The average molecular weight is 327 g/mol. The van der Waals surface area contributed by atoms with Crippen LogP contribution in [-0.4, -0.2) is 73.2 Å². The molecule has 0 aromatic carbocycles. The van der Waals surface area contributed by atoms with Gasteiger partial charge >= 0.3 is 0 Å². The van der Waals surface area contributed by atoms with Gasteiger partial charge in [-0.2, -0.15) is 5.26 Å². The van der Waals surface area contributed by atoms with Crippen LogP contribution in [-0.2, 0) is 9.53 Å². The van der Waals surface area contributed by atoms with Gasteiger partial charge in [0.1, 0.15) is 17.5 Å². The predicted molar refractivity (Wildman–Crippen MR) is 89.1 cm³/mol. The minimum atomic E-state index is -0.201. The van der Waals surface area contributed by atoms with Crippen molar-refractivity contribution >= 4 is 11.7 Å². The highest BCUT2D eigenvalue weighted by Gasteiger charge is 2.22. The predicted octanol–water partition coefficient (Wildman–Crippen LogP) is 0.470. The van der Waals surface area contributed by atoms with Gasteiger partial charge in [0.05, 0.1) is 13.2 Å². The first-order valence-electron chi connectivity index (χ1n) is 8.17. The lowest BCUT2D eigenvalue weighted by Gasteiger charge is -2.35. The Morgan fingerprint density at radius 3 is 2.54 bits per heavy atom. The van der Waals surface area contributed by atoms with E-state index >= 15 is 0 Å². The number of anilines is 1. The number of hydrogen-bond donors (Lipinski definition) is 0. The number of hydrogen-bond acceptors (Lipinski definition) is 6. The molecule has 0 atom stereocenters. The summed E-state index contributed by atoms with van der Waals surface area (Å²) < 4.78 is 5.25. The standard InChI is InChI=1S/C17H21N5O2/c18-13-15(17(23)22-9-11-24-12-10-22)14-20-5-7-21(8-6-20)16-3-1-2-4-19-16/h1-4,14H,5-12H2/b15-14-. The van der Waals surface area contributed by atoms with Crippen LogP contribution >= 0.6 is 0 Å². The molecule has 0 aliphatic carbocycles. The zero-order valence-corrected chi connectivity index (χ0v) is 13.6. The summed E-state index contributed by atoms with van der Waals surface area (Å²) in [6.07, 6.45) is 3.49. The van der Waals surface area contributed by atoms with Gasteiger partial charge in [-0.25, -0.2) is 4.98 Å². The van der Waals surface area contributed by atoms with E-state index in [1.165, 1.54) is 0 Å². The molecule has 7 nitrogen and oxygen atoms in total. The van der Waals surface area contributed by atoms with Gasteiger partial charge in [-0.3, -0.25) is 4.79 Å². The van der Waals surface area contributed by atoms with E-state index in [4.69, 9.17) is 4.74 Å². The van der Waals surface area contributed by atoms with Crippen LogP contribution in [0.4, 0.5) is 5.82 Å². The van der Waals surface area contributed by atoms with Crippen molar-refractivity contribution in [2.24, 2.45) is 0 Å². The van der Waals surface area contributed by atoms with Crippen LogP contribution < -0.4 is 4.90 Å². The molecule has 126 valence electrons. The van der Waals surface area contributed by atoms with Crippen molar-refractivity contribution in [3.8, 4) is 6.07 Å². The SMILES string of the molecule is N#C/C(=C/N1CCN(c2ccccn2)CC1)C(=O)N1CCOCC1. The summed E-state index contributed by atoms with van der Waals surface area (Å²) in [5, 5.41) is 9.34. The van der Waals surface area contributed by atoms with Gasteiger partial charge < -0.3 is 19.4 Å². The van der Waals surface area contributed by atoms with E-state index in [0.717, 1.165) is 32.0 Å². The molecular weight excluding hydrogens is 306 g/mol. The monoisotopic (exact) mass is 327 g/mol. The van der Waals surface area contributed by atoms with Crippen molar-refractivity contribution in [1.82, 2.24) is 14.8 Å². The Kier molecular flexibility index (Phi) is 5.29. The number of carbonyl (C=O) groups excluding carboxylic acids is 1. The van der Waals surface area contributed by atoms with Crippen LogP contribution in [0.1, 0.15) is 0 Å². The third kappa shape index (κ3) is 3.84. The van der Waals surface area contributed by atoms with Crippen molar-refractivity contribution in [3.63, 3.8) is 0 Å². The van der Waals surface area contributed by atoms with E-state index in [9.17, 15) is 10.1 Å². The smallest absolute Gasteiger partial charge is 0.266 e. The van der Waals surface area contributed by atoms with Crippen molar-refractivity contribution < 1.29 is 9.53 Å². The molecule has 0 unspecified atom stereocenters. The molecule has 3 heterocycles. The van der Waals surface area contributed by atoms with E-state index in [1.54, 1.807) is 17.3 Å². The van der Waals surface area contributed by atoms with Crippen LogP contribution in [0, 0.1) is 11.3 Å². The van der Waals surface area contributed by atoms with Crippen LogP contribution in [0.3, 0.4) is 0 Å². The van der Waals surface area contributed by atoms with Gasteiger partial charge in [0, 0.05) is 51.7 Å². The Hall–Kier alpha value is -2.59. The summed E-state index contributed by atoms with van der Waals surface area (Å²) in [5.41, 5.74) is 0.197.